The van der Waals surface area contributed by atoms with Gasteiger partial charge in [0.25, 0.3) is 0 Å². The predicted molar refractivity (Wildman–Crippen MR) is 43.4 cm³/mol. The first-order chi connectivity index (χ1) is 6.61. The van der Waals surface area contributed by atoms with Gasteiger partial charge in [-0.2, -0.15) is 0 Å². The fourth-order valence-electron chi connectivity index (χ4n) is 0.982. The average Bonchev–Trinajstić information content (AvgIpc) is 2.15. The summed E-state index contributed by atoms with van der Waals surface area (Å²) in [5.74, 6) is -1.56. The molecule has 0 bridgehead atoms. The second-order valence-electron chi connectivity index (χ2n) is 2.68. The van der Waals surface area contributed by atoms with Crippen molar-refractivity contribution in [3.05, 3.63) is 30.1 Å². The van der Waals surface area contributed by atoms with Gasteiger partial charge in [-0.1, -0.05) is 6.07 Å². The van der Waals surface area contributed by atoms with E-state index in [1.165, 1.54) is 12.4 Å². The maximum absolute atomic E-state index is 12.1. The number of nitrogens with zero attached hydrogens (tertiary/aromatic N) is 2. The van der Waals surface area contributed by atoms with Gasteiger partial charge in [0, 0.05) is 24.2 Å². The van der Waals surface area contributed by atoms with Crippen LogP contribution in [0.3, 0.4) is 0 Å². The summed E-state index contributed by atoms with van der Waals surface area (Å²) in [5.41, 5.74) is 0.459. The summed E-state index contributed by atoms with van der Waals surface area (Å²) >= 11 is 0. The number of hydrogen-bond donors (Lipinski definition) is 1. The van der Waals surface area contributed by atoms with Crippen molar-refractivity contribution in [2.75, 3.05) is 0 Å². The number of carboxylic acid groups (broad SMARTS) is 1. The van der Waals surface area contributed by atoms with Crippen molar-refractivity contribution in [3.63, 3.8) is 0 Å². The Bertz CT molecular complexity index is 305. The molecule has 0 aliphatic carbocycles. The number of carboxylic acids is 1. The van der Waals surface area contributed by atoms with Gasteiger partial charge >= 0.3 is 5.97 Å². The molecule has 0 radical (unpaired) electrons. The third-order valence-electron chi connectivity index (χ3n) is 1.67. The molecule has 1 aromatic rings. The highest BCUT2D eigenvalue weighted by Gasteiger charge is 2.26. The Kier molecular flexibility index (Phi) is 3.47. The van der Waals surface area contributed by atoms with Crippen LogP contribution >= 0.6 is 0 Å². The quantitative estimate of drug-likeness (QED) is 0.744. The molecule has 0 aromatic carbocycles. The number of aliphatic carboxylic acids is 1. The van der Waals surface area contributed by atoms with Crippen molar-refractivity contribution in [3.8, 4) is 0 Å². The summed E-state index contributed by atoms with van der Waals surface area (Å²) in [6.45, 7) is 0. The van der Waals surface area contributed by atoms with Crippen LogP contribution in [0.5, 0.6) is 0 Å². The standard InChI is InChI=1S/C8H8F2N2O2/c9-12(10)7(8(13)14)4-6-2-1-3-11-5-6/h1-3,5,7H,4H2,(H,13,14)/t7-/m0/s1. The molecule has 0 amide bonds. The number of rotatable bonds is 4. The molecule has 0 saturated heterocycles. The minimum atomic E-state index is -1.82. The Morgan fingerprint density at radius 3 is 2.79 bits per heavy atom. The normalized spacial score (nSPS) is 12.8. The number of halogens is 2. The van der Waals surface area contributed by atoms with Crippen LogP contribution in [0.15, 0.2) is 24.5 Å². The fourth-order valence-corrected chi connectivity index (χ4v) is 0.982. The zero-order valence-electron chi connectivity index (χ0n) is 7.10. The zero-order chi connectivity index (χ0) is 10.6. The second kappa shape index (κ2) is 4.61. The molecular weight excluding hydrogens is 194 g/mol. The predicted octanol–water partition coefficient (Wildman–Crippen LogP) is 1.15. The molecule has 0 spiro atoms. The minimum absolute atomic E-state index is 0.268. The lowest BCUT2D eigenvalue weighted by molar-refractivity contribution is -0.201. The van der Waals surface area contributed by atoms with Crippen molar-refractivity contribution in [2.24, 2.45) is 0 Å². The third kappa shape index (κ3) is 2.74. The van der Waals surface area contributed by atoms with Crippen LogP contribution in [0, 0.1) is 0 Å². The first-order valence-electron chi connectivity index (χ1n) is 3.83. The van der Waals surface area contributed by atoms with Gasteiger partial charge in [-0.05, 0) is 11.6 Å². The van der Waals surface area contributed by atoms with Crippen molar-refractivity contribution < 1.29 is 18.9 Å². The van der Waals surface area contributed by atoms with E-state index in [0.29, 0.717) is 5.56 Å². The van der Waals surface area contributed by atoms with E-state index in [1.807, 2.05) is 0 Å². The first kappa shape index (κ1) is 10.5. The maximum atomic E-state index is 12.1. The van der Waals surface area contributed by atoms with Crippen LogP contribution in [-0.4, -0.2) is 27.4 Å². The molecular formula is C8H8F2N2O2. The molecule has 1 heterocycles. The lowest BCUT2D eigenvalue weighted by Gasteiger charge is -2.11. The van der Waals surface area contributed by atoms with Crippen molar-refractivity contribution in [1.82, 2.24) is 10.3 Å². The molecule has 14 heavy (non-hydrogen) atoms. The van der Waals surface area contributed by atoms with E-state index in [1.54, 1.807) is 12.1 Å². The molecule has 0 aliphatic heterocycles. The van der Waals surface area contributed by atoms with Gasteiger partial charge < -0.3 is 5.11 Å². The molecule has 76 valence electrons. The highest BCUT2D eigenvalue weighted by atomic mass is 19.4. The maximum Gasteiger partial charge on any atom is 0.326 e. The molecule has 0 fully saturated rings. The highest BCUT2D eigenvalue weighted by molar-refractivity contribution is 5.73. The second-order valence-corrected chi connectivity index (χ2v) is 2.68. The summed E-state index contributed by atoms with van der Waals surface area (Å²) in [7, 11) is 0. The van der Waals surface area contributed by atoms with Gasteiger partial charge in [-0.3, -0.25) is 9.78 Å². The number of pyridine rings is 1. The van der Waals surface area contributed by atoms with Crippen molar-refractivity contribution in [2.45, 2.75) is 12.5 Å². The first-order valence-corrected chi connectivity index (χ1v) is 3.83. The van der Waals surface area contributed by atoms with E-state index < -0.39 is 17.4 Å². The smallest absolute Gasteiger partial charge is 0.326 e. The molecule has 0 unspecified atom stereocenters. The monoisotopic (exact) mass is 202 g/mol. The summed E-state index contributed by atoms with van der Waals surface area (Å²) in [6, 6.07) is 1.29. The molecule has 0 saturated carbocycles. The van der Waals surface area contributed by atoms with Gasteiger partial charge in [0.1, 0.15) is 0 Å². The minimum Gasteiger partial charge on any atom is -0.480 e. The van der Waals surface area contributed by atoms with E-state index in [-0.39, 0.29) is 6.42 Å². The van der Waals surface area contributed by atoms with E-state index >= 15 is 0 Å². The fraction of sp³-hybridized carbons (Fsp3) is 0.250. The number of aromatic nitrogens is 1. The molecule has 4 nitrogen and oxygen atoms in total. The Morgan fingerprint density at radius 1 is 1.64 bits per heavy atom. The molecule has 6 heteroatoms. The Hall–Kier alpha value is -1.56. The van der Waals surface area contributed by atoms with E-state index in [2.05, 4.69) is 4.98 Å². The van der Waals surface area contributed by atoms with E-state index in [4.69, 9.17) is 5.11 Å². The molecule has 1 N–H and O–H groups in total. The highest BCUT2D eigenvalue weighted by Crippen LogP contribution is 2.09. The van der Waals surface area contributed by atoms with Crippen LogP contribution < -0.4 is 0 Å². The van der Waals surface area contributed by atoms with Crippen LogP contribution in [-0.2, 0) is 11.2 Å². The largest absolute Gasteiger partial charge is 0.480 e. The molecule has 0 aliphatic rings. The van der Waals surface area contributed by atoms with Crippen LogP contribution in [0.4, 0.5) is 8.96 Å². The summed E-state index contributed by atoms with van der Waals surface area (Å²) in [4.78, 5) is 14.1. The summed E-state index contributed by atoms with van der Waals surface area (Å²) in [5, 5.41) is 7.15. The Balaban J connectivity index is 2.70. The Morgan fingerprint density at radius 2 is 2.36 bits per heavy atom. The Labute approximate surface area is 78.7 Å². The van der Waals surface area contributed by atoms with Crippen LogP contribution in [0.1, 0.15) is 5.56 Å². The number of hydrogen-bond acceptors (Lipinski definition) is 3. The summed E-state index contributed by atoms with van der Waals surface area (Å²) < 4.78 is 24.1. The molecule has 1 atom stereocenters. The van der Waals surface area contributed by atoms with Gasteiger partial charge in [0.2, 0.25) is 0 Å². The lowest BCUT2D eigenvalue weighted by Crippen LogP contribution is -2.32. The molecule has 1 rings (SSSR count). The third-order valence-corrected chi connectivity index (χ3v) is 1.67. The van der Waals surface area contributed by atoms with Crippen molar-refractivity contribution in [1.29, 1.82) is 0 Å². The topological polar surface area (TPSA) is 53.4 Å². The van der Waals surface area contributed by atoms with E-state index in [0.717, 1.165) is 0 Å². The lowest BCUT2D eigenvalue weighted by atomic mass is 10.1. The number of carbonyl (C=O) groups is 1. The van der Waals surface area contributed by atoms with Crippen LogP contribution in [0.25, 0.3) is 0 Å². The van der Waals surface area contributed by atoms with Gasteiger partial charge in [0.15, 0.2) is 6.04 Å². The van der Waals surface area contributed by atoms with Gasteiger partial charge in [-0.15, -0.1) is 8.96 Å². The van der Waals surface area contributed by atoms with Gasteiger partial charge in [-0.25, -0.2) is 0 Å². The SMILES string of the molecule is O=C(O)[C@H](Cc1cccnc1)N(F)F. The molecule has 1 aromatic heterocycles. The van der Waals surface area contributed by atoms with Gasteiger partial charge in [0.05, 0.1) is 0 Å². The average molecular weight is 202 g/mol. The summed E-state index contributed by atoms with van der Waals surface area (Å²) in [6.07, 6.45) is 2.58. The van der Waals surface area contributed by atoms with Crippen LogP contribution in [0.2, 0.25) is 0 Å². The van der Waals surface area contributed by atoms with Crippen molar-refractivity contribution >= 4 is 5.97 Å². The zero-order valence-corrected chi connectivity index (χ0v) is 7.10. The van der Waals surface area contributed by atoms with E-state index in [9.17, 15) is 13.8 Å².